The van der Waals surface area contributed by atoms with Crippen LogP contribution in [0.5, 0.6) is 0 Å². The van der Waals surface area contributed by atoms with Crippen molar-refractivity contribution in [3.8, 4) is 0 Å². The van der Waals surface area contributed by atoms with Crippen LogP contribution in [0, 0.1) is 17.6 Å². The molecule has 0 bridgehead atoms. The van der Waals surface area contributed by atoms with Crippen LogP contribution in [-0.4, -0.2) is 34.5 Å². The molecule has 1 fully saturated rings. The van der Waals surface area contributed by atoms with Gasteiger partial charge in [-0.3, -0.25) is 9.59 Å². The minimum absolute atomic E-state index is 0.126. The fraction of sp³-hybridized carbons (Fsp3) is 0.500. The number of nitrogens with zero attached hydrogens (tertiary/aromatic N) is 1. The van der Waals surface area contributed by atoms with Gasteiger partial charge in [0.1, 0.15) is 0 Å². The number of carboxylic acid groups (broad SMARTS) is 1. The molecule has 120 valence electrons. The van der Waals surface area contributed by atoms with Gasteiger partial charge < -0.3 is 10.0 Å². The average molecular weight is 311 g/mol. The minimum atomic E-state index is -0.970. The molecule has 1 aromatic carbocycles. The van der Waals surface area contributed by atoms with Gasteiger partial charge in [-0.05, 0) is 37.8 Å². The van der Waals surface area contributed by atoms with E-state index in [1.807, 2.05) is 0 Å². The molecule has 0 spiro atoms. The standard InChI is InChI=1S/C16H19F2NO3/c1-9(2)19(7-6-14(20)21)16(22)12-8-11(12)10-4-3-5-13(17)15(10)18/h3-5,9,11-12H,6-8H2,1-2H3,(H,20,21). The van der Waals surface area contributed by atoms with Crippen LogP contribution in [0.4, 0.5) is 8.78 Å². The zero-order valence-corrected chi connectivity index (χ0v) is 12.6. The molecule has 1 amide bonds. The Morgan fingerprint density at radius 3 is 2.64 bits per heavy atom. The number of carboxylic acids is 1. The van der Waals surface area contributed by atoms with E-state index in [9.17, 15) is 18.4 Å². The van der Waals surface area contributed by atoms with Crippen molar-refractivity contribution in [3.05, 3.63) is 35.4 Å². The zero-order valence-electron chi connectivity index (χ0n) is 12.6. The monoisotopic (exact) mass is 311 g/mol. The summed E-state index contributed by atoms with van der Waals surface area (Å²) in [7, 11) is 0. The Kier molecular flexibility index (Phi) is 4.78. The molecule has 22 heavy (non-hydrogen) atoms. The number of halogens is 2. The van der Waals surface area contributed by atoms with Gasteiger partial charge in [0.05, 0.1) is 6.42 Å². The molecule has 0 heterocycles. The number of aliphatic carboxylic acids is 1. The number of benzene rings is 1. The van der Waals surface area contributed by atoms with Crippen molar-refractivity contribution in [2.45, 2.75) is 38.6 Å². The summed E-state index contributed by atoms with van der Waals surface area (Å²) in [5, 5.41) is 8.75. The number of hydrogen-bond acceptors (Lipinski definition) is 2. The molecule has 1 aliphatic carbocycles. The van der Waals surface area contributed by atoms with E-state index in [0.717, 1.165) is 6.07 Å². The van der Waals surface area contributed by atoms with E-state index in [4.69, 9.17) is 5.11 Å². The lowest BCUT2D eigenvalue weighted by molar-refractivity contribution is -0.139. The van der Waals surface area contributed by atoms with Gasteiger partial charge in [-0.1, -0.05) is 12.1 Å². The topological polar surface area (TPSA) is 57.6 Å². The Morgan fingerprint density at radius 2 is 2.05 bits per heavy atom. The molecule has 2 rings (SSSR count). The number of hydrogen-bond donors (Lipinski definition) is 1. The smallest absolute Gasteiger partial charge is 0.305 e. The van der Waals surface area contributed by atoms with Crippen molar-refractivity contribution in [2.24, 2.45) is 5.92 Å². The maximum absolute atomic E-state index is 13.8. The van der Waals surface area contributed by atoms with E-state index in [-0.39, 0.29) is 36.4 Å². The molecule has 0 aromatic heterocycles. The van der Waals surface area contributed by atoms with Crippen molar-refractivity contribution >= 4 is 11.9 Å². The van der Waals surface area contributed by atoms with Crippen LogP contribution in [0.3, 0.4) is 0 Å². The largest absolute Gasteiger partial charge is 0.481 e. The van der Waals surface area contributed by atoms with E-state index in [1.54, 1.807) is 13.8 Å². The molecule has 0 saturated heterocycles. The van der Waals surface area contributed by atoms with Gasteiger partial charge in [0, 0.05) is 18.5 Å². The molecule has 2 atom stereocenters. The second-order valence-corrected chi connectivity index (χ2v) is 5.86. The van der Waals surface area contributed by atoms with E-state index >= 15 is 0 Å². The predicted octanol–water partition coefficient (Wildman–Crippen LogP) is 2.78. The van der Waals surface area contributed by atoms with E-state index in [0.29, 0.717) is 6.42 Å². The molecule has 0 radical (unpaired) electrons. The van der Waals surface area contributed by atoms with Gasteiger partial charge >= 0.3 is 5.97 Å². The van der Waals surface area contributed by atoms with Crippen molar-refractivity contribution in [3.63, 3.8) is 0 Å². The third kappa shape index (κ3) is 3.43. The number of rotatable bonds is 6. The third-order valence-electron chi connectivity index (χ3n) is 3.96. The minimum Gasteiger partial charge on any atom is -0.481 e. The molecule has 6 heteroatoms. The molecule has 1 N–H and O–H groups in total. The summed E-state index contributed by atoms with van der Waals surface area (Å²) in [6.45, 7) is 3.74. The summed E-state index contributed by atoms with van der Waals surface area (Å²) < 4.78 is 27.0. The fourth-order valence-electron chi connectivity index (χ4n) is 2.67. The third-order valence-corrected chi connectivity index (χ3v) is 3.96. The summed E-state index contributed by atoms with van der Waals surface area (Å²) in [6, 6.07) is 3.84. The summed E-state index contributed by atoms with van der Waals surface area (Å²) in [6.07, 6.45) is 0.338. The highest BCUT2D eigenvalue weighted by molar-refractivity contribution is 5.83. The molecule has 1 aromatic rings. The first-order valence-electron chi connectivity index (χ1n) is 7.29. The maximum Gasteiger partial charge on any atom is 0.305 e. The summed E-state index contributed by atoms with van der Waals surface area (Å²) >= 11 is 0. The molecular formula is C16H19F2NO3. The molecular weight excluding hydrogens is 292 g/mol. The Morgan fingerprint density at radius 1 is 1.36 bits per heavy atom. The lowest BCUT2D eigenvalue weighted by Gasteiger charge is -2.26. The first-order valence-corrected chi connectivity index (χ1v) is 7.29. The number of amides is 1. The van der Waals surface area contributed by atoms with Gasteiger partial charge in [-0.2, -0.15) is 0 Å². The summed E-state index contributed by atoms with van der Waals surface area (Å²) in [5.41, 5.74) is 0.222. The lowest BCUT2D eigenvalue weighted by Crippen LogP contribution is -2.39. The number of carbonyl (C=O) groups excluding carboxylic acids is 1. The molecule has 4 nitrogen and oxygen atoms in total. The van der Waals surface area contributed by atoms with Crippen LogP contribution in [0.25, 0.3) is 0 Å². The lowest BCUT2D eigenvalue weighted by atomic mass is 10.1. The highest BCUT2D eigenvalue weighted by Crippen LogP contribution is 2.49. The van der Waals surface area contributed by atoms with E-state index < -0.39 is 23.5 Å². The molecule has 0 aliphatic heterocycles. The van der Waals surface area contributed by atoms with Gasteiger partial charge in [-0.15, -0.1) is 0 Å². The first-order chi connectivity index (χ1) is 10.3. The first kappa shape index (κ1) is 16.4. The van der Waals surface area contributed by atoms with Crippen molar-refractivity contribution < 1.29 is 23.5 Å². The zero-order chi connectivity index (χ0) is 16.4. The Bertz CT molecular complexity index is 589. The van der Waals surface area contributed by atoms with Crippen LogP contribution in [0.2, 0.25) is 0 Å². The molecule has 1 aliphatic rings. The Labute approximate surface area is 127 Å². The summed E-state index contributed by atoms with van der Waals surface area (Å²) in [5.74, 6) is -3.69. The average Bonchev–Trinajstić information content (AvgIpc) is 3.21. The van der Waals surface area contributed by atoms with Gasteiger partial charge in [0.2, 0.25) is 5.91 Å². The van der Waals surface area contributed by atoms with Gasteiger partial charge in [-0.25, -0.2) is 8.78 Å². The van der Waals surface area contributed by atoms with Crippen LogP contribution in [-0.2, 0) is 9.59 Å². The van der Waals surface area contributed by atoms with Crippen molar-refractivity contribution in [1.29, 1.82) is 0 Å². The van der Waals surface area contributed by atoms with Crippen LogP contribution >= 0.6 is 0 Å². The van der Waals surface area contributed by atoms with Gasteiger partial charge in [0.25, 0.3) is 0 Å². The maximum atomic E-state index is 13.8. The quantitative estimate of drug-likeness (QED) is 0.879. The van der Waals surface area contributed by atoms with E-state index in [2.05, 4.69) is 0 Å². The normalized spacial score (nSPS) is 20.0. The van der Waals surface area contributed by atoms with Crippen molar-refractivity contribution in [2.75, 3.05) is 6.54 Å². The number of carbonyl (C=O) groups is 2. The van der Waals surface area contributed by atoms with Crippen LogP contribution < -0.4 is 0 Å². The predicted molar refractivity (Wildman–Crippen MR) is 76.3 cm³/mol. The summed E-state index contributed by atoms with van der Waals surface area (Å²) in [4.78, 5) is 24.6. The molecule has 1 saturated carbocycles. The fourth-order valence-corrected chi connectivity index (χ4v) is 2.67. The Hall–Kier alpha value is -1.98. The second-order valence-electron chi connectivity index (χ2n) is 5.86. The second kappa shape index (κ2) is 6.42. The Balaban J connectivity index is 2.07. The highest BCUT2D eigenvalue weighted by Gasteiger charge is 2.47. The van der Waals surface area contributed by atoms with E-state index in [1.165, 1.54) is 17.0 Å². The van der Waals surface area contributed by atoms with Crippen LogP contribution in [0.15, 0.2) is 18.2 Å². The molecule has 2 unspecified atom stereocenters. The SMILES string of the molecule is CC(C)N(CCC(=O)O)C(=O)C1CC1c1cccc(F)c1F. The van der Waals surface area contributed by atoms with Crippen LogP contribution in [0.1, 0.15) is 38.2 Å². The van der Waals surface area contributed by atoms with Crippen molar-refractivity contribution in [1.82, 2.24) is 4.90 Å². The highest BCUT2D eigenvalue weighted by atomic mass is 19.2. The van der Waals surface area contributed by atoms with Gasteiger partial charge in [0.15, 0.2) is 11.6 Å².